The van der Waals surface area contributed by atoms with Crippen molar-refractivity contribution in [3.05, 3.63) is 64.4 Å². The summed E-state index contributed by atoms with van der Waals surface area (Å²) in [5, 5.41) is 3.72. The van der Waals surface area contributed by atoms with Crippen LogP contribution in [0.4, 0.5) is 5.69 Å². The highest BCUT2D eigenvalue weighted by atomic mass is 16.5. The molecule has 0 saturated heterocycles. The van der Waals surface area contributed by atoms with Crippen LogP contribution < -0.4 is 5.32 Å². The van der Waals surface area contributed by atoms with Crippen molar-refractivity contribution in [2.45, 2.75) is 47.1 Å². The number of nitrogens with one attached hydrogen (secondary N) is 1. The Balaban J connectivity index is 1.65. The summed E-state index contributed by atoms with van der Waals surface area (Å²) in [4.78, 5) is 24.8. The number of ether oxygens (including phenoxy) is 1. The molecule has 0 saturated carbocycles. The van der Waals surface area contributed by atoms with Gasteiger partial charge in [-0.3, -0.25) is 9.59 Å². The summed E-state index contributed by atoms with van der Waals surface area (Å²) in [5.74, 6) is -0.824. The third kappa shape index (κ3) is 4.09. The molecule has 1 aromatic heterocycles. The Hall–Kier alpha value is -3.08. The highest BCUT2D eigenvalue weighted by molar-refractivity contribution is 5.96. The number of aryl methyl sites for hydroxylation is 4. The normalized spacial score (nSPS) is 12.0. The molecule has 1 atom stereocenters. The molecule has 3 aromatic rings. The summed E-state index contributed by atoms with van der Waals surface area (Å²) in [6, 6.07) is 9.76. The standard InChI is InChI=1S/C23H25NO4/c1-13-6-7-15(3)20(10-13)24-23(26)17(5)28-21(25)11-18-12-27-22-16(4)14(2)8-9-19(18)22/h6-10,12,17H,11H2,1-5H3,(H,24,26)/t17-/m0/s1. The first kappa shape index (κ1) is 19.7. The minimum absolute atomic E-state index is 0.0522. The Labute approximate surface area is 164 Å². The van der Waals surface area contributed by atoms with Crippen molar-refractivity contribution in [2.24, 2.45) is 0 Å². The second kappa shape index (κ2) is 7.89. The molecule has 146 valence electrons. The predicted molar refractivity (Wildman–Crippen MR) is 109 cm³/mol. The van der Waals surface area contributed by atoms with Crippen LogP contribution in [-0.2, 0) is 20.7 Å². The van der Waals surface area contributed by atoms with E-state index in [1.807, 2.05) is 58.0 Å². The molecule has 0 bridgehead atoms. The van der Waals surface area contributed by atoms with Crippen LogP contribution in [0.15, 0.2) is 41.0 Å². The van der Waals surface area contributed by atoms with Crippen molar-refractivity contribution < 1.29 is 18.7 Å². The summed E-state index contributed by atoms with van der Waals surface area (Å²) in [5.41, 5.74) is 6.44. The number of rotatable bonds is 5. The van der Waals surface area contributed by atoms with Crippen molar-refractivity contribution in [1.82, 2.24) is 0 Å². The highest BCUT2D eigenvalue weighted by Crippen LogP contribution is 2.27. The average molecular weight is 379 g/mol. The number of fused-ring (bicyclic) bond motifs is 1. The van der Waals surface area contributed by atoms with E-state index >= 15 is 0 Å². The van der Waals surface area contributed by atoms with Gasteiger partial charge in [-0.15, -0.1) is 0 Å². The molecule has 1 N–H and O–H groups in total. The predicted octanol–water partition coefficient (Wildman–Crippen LogP) is 4.78. The molecule has 2 aromatic carbocycles. The van der Waals surface area contributed by atoms with Gasteiger partial charge < -0.3 is 14.5 Å². The Morgan fingerprint density at radius 1 is 1.07 bits per heavy atom. The Kier molecular flexibility index (Phi) is 5.54. The topological polar surface area (TPSA) is 68.5 Å². The number of amides is 1. The monoisotopic (exact) mass is 379 g/mol. The largest absolute Gasteiger partial charge is 0.464 e. The molecule has 0 spiro atoms. The summed E-state index contributed by atoms with van der Waals surface area (Å²) < 4.78 is 11.0. The van der Waals surface area contributed by atoms with Gasteiger partial charge in [-0.05, 0) is 62.9 Å². The maximum absolute atomic E-state index is 12.4. The summed E-state index contributed by atoms with van der Waals surface area (Å²) in [6.07, 6.45) is 0.741. The molecule has 0 aliphatic rings. The van der Waals surface area contributed by atoms with Gasteiger partial charge in [-0.25, -0.2) is 0 Å². The van der Waals surface area contributed by atoms with Crippen LogP contribution in [0.25, 0.3) is 11.0 Å². The lowest BCUT2D eigenvalue weighted by Gasteiger charge is -2.15. The van der Waals surface area contributed by atoms with Crippen molar-refractivity contribution in [1.29, 1.82) is 0 Å². The number of hydrogen-bond acceptors (Lipinski definition) is 4. The molecular weight excluding hydrogens is 354 g/mol. The van der Waals surface area contributed by atoms with E-state index in [2.05, 4.69) is 5.32 Å². The number of furan rings is 1. The molecule has 3 rings (SSSR count). The number of benzene rings is 2. The SMILES string of the molecule is Cc1ccc(C)c(NC(=O)[C@H](C)OC(=O)Cc2coc3c(C)c(C)ccc23)c1. The first-order valence-electron chi connectivity index (χ1n) is 9.30. The number of hydrogen-bond donors (Lipinski definition) is 1. The van der Waals surface area contributed by atoms with Crippen molar-refractivity contribution >= 4 is 28.5 Å². The zero-order valence-electron chi connectivity index (χ0n) is 16.9. The molecule has 5 nitrogen and oxygen atoms in total. The van der Waals surface area contributed by atoms with E-state index in [1.54, 1.807) is 13.2 Å². The second-order valence-corrected chi connectivity index (χ2v) is 7.26. The van der Waals surface area contributed by atoms with E-state index in [0.717, 1.165) is 44.5 Å². The van der Waals surface area contributed by atoms with E-state index in [4.69, 9.17) is 9.15 Å². The molecule has 1 heterocycles. The Morgan fingerprint density at radius 3 is 2.54 bits per heavy atom. The van der Waals surface area contributed by atoms with Crippen molar-refractivity contribution in [2.75, 3.05) is 5.32 Å². The van der Waals surface area contributed by atoms with Crippen LogP contribution in [0.2, 0.25) is 0 Å². The minimum Gasteiger partial charge on any atom is -0.464 e. The molecule has 0 radical (unpaired) electrons. The first-order valence-corrected chi connectivity index (χ1v) is 9.30. The van der Waals surface area contributed by atoms with Crippen LogP contribution in [0.1, 0.15) is 34.7 Å². The maximum atomic E-state index is 12.4. The fourth-order valence-electron chi connectivity index (χ4n) is 3.08. The Bertz CT molecular complexity index is 1050. The Morgan fingerprint density at radius 2 is 1.79 bits per heavy atom. The number of carbonyl (C=O) groups is 2. The lowest BCUT2D eigenvalue weighted by atomic mass is 10.0. The number of esters is 1. The third-order valence-electron chi connectivity index (χ3n) is 5.00. The fraction of sp³-hybridized carbons (Fsp3) is 0.304. The van der Waals surface area contributed by atoms with Crippen LogP contribution >= 0.6 is 0 Å². The van der Waals surface area contributed by atoms with Gasteiger partial charge in [0.15, 0.2) is 6.10 Å². The van der Waals surface area contributed by atoms with Crippen LogP contribution in [0, 0.1) is 27.7 Å². The van der Waals surface area contributed by atoms with Gasteiger partial charge in [0.1, 0.15) is 5.58 Å². The summed E-state index contributed by atoms with van der Waals surface area (Å²) in [6.45, 7) is 9.44. The average Bonchev–Trinajstić information content (AvgIpc) is 3.04. The van der Waals surface area contributed by atoms with Gasteiger partial charge in [-0.2, -0.15) is 0 Å². The second-order valence-electron chi connectivity index (χ2n) is 7.26. The van der Waals surface area contributed by atoms with Crippen LogP contribution in [0.5, 0.6) is 0 Å². The maximum Gasteiger partial charge on any atom is 0.311 e. The molecular formula is C23H25NO4. The summed E-state index contributed by atoms with van der Waals surface area (Å²) in [7, 11) is 0. The molecule has 0 aliphatic carbocycles. The molecule has 5 heteroatoms. The fourth-order valence-corrected chi connectivity index (χ4v) is 3.08. The van der Waals surface area contributed by atoms with Gasteiger partial charge in [0.25, 0.3) is 5.91 Å². The minimum atomic E-state index is -0.894. The number of anilines is 1. The van der Waals surface area contributed by atoms with E-state index in [0.29, 0.717) is 0 Å². The van der Waals surface area contributed by atoms with Crippen molar-refractivity contribution in [3.63, 3.8) is 0 Å². The van der Waals surface area contributed by atoms with E-state index in [-0.39, 0.29) is 12.3 Å². The van der Waals surface area contributed by atoms with Crippen LogP contribution in [0.3, 0.4) is 0 Å². The quantitative estimate of drug-likeness (QED) is 0.648. The highest BCUT2D eigenvalue weighted by Gasteiger charge is 2.20. The zero-order chi connectivity index (χ0) is 20.4. The van der Waals surface area contributed by atoms with Gasteiger partial charge in [0.2, 0.25) is 0 Å². The molecule has 0 aliphatic heterocycles. The lowest BCUT2D eigenvalue weighted by molar-refractivity contribution is -0.152. The van der Waals surface area contributed by atoms with Crippen molar-refractivity contribution in [3.8, 4) is 0 Å². The third-order valence-corrected chi connectivity index (χ3v) is 5.00. The molecule has 0 unspecified atom stereocenters. The van der Waals surface area contributed by atoms with Gasteiger partial charge in [0.05, 0.1) is 12.7 Å². The van der Waals surface area contributed by atoms with Gasteiger partial charge >= 0.3 is 5.97 Å². The molecule has 0 fully saturated rings. The molecule has 28 heavy (non-hydrogen) atoms. The van der Waals surface area contributed by atoms with E-state index in [1.165, 1.54) is 0 Å². The van der Waals surface area contributed by atoms with Crippen LogP contribution in [-0.4, -0.2) is 18.0 Å². The lowest BCUT2D eigenvalue weighted by Crippen LogP contribution is -2.30. The van der Waals surface area contributed by atoms with Gasteiger partial charge in [-0.1, -0.05) is 24.3 Å². The zero-order valence-corrected chi connectivity index (χ0v) is 16.9. The van der Waals surface area contributed by atoms with Gasteiger partial charge in [0, 0.05) is 16.6 Å². The summed E-state index contributed by atoms with van der Waals surface area (Å²) >= 11 is 0. The first-order chi connectivity index (χ1) is 13.3. The smallest absolute Gasteiger partial charge is 0.311 e. The molecule has 1 amide bonds. The van der Waals surface area contributed by atoms with E-state index in [9.17, 15) is 9.59 Å². The number of carbonyl (C=O) groups excluding carboxylic acids is 2. The van der Waals surface area contributed by atoms with E-state index < -0.39 is 12.1 Å².